The lowest BCUT2D eigenvalue weighted by Crippen LogP contribution is -2.14. The Morgan fingerprint density at radius 3 is 2.42 bits per heavy atom. The van der Waals surface area contributed by atoms with Crippen molar-refractivity contribution in [2.24, 2.45) is 5.73 Å². The summed E-state index contributed by atoms with van der Waals surface area (Å²) in [5.41, 5.74) is 5.21. The fourth-order valence-electron chi connectivity index (χ4n) is 0.903. The van der Waals surface area contributed by atoms with Gasteiger partial charge in [-0.25, -0.2) is 0 Å². The molecule has 0 spiro atoms. The van der Waals surface area contributed by atoms with Crippen molar-refractivity contribution >= 4 is 23.0 Å². The van der Waals surface area contributed by atoms with Crippen LogP contribution in [0.2, 0.25) is 0 Å². The predicted molar refractivity (Wildman–Crippen MR) is 56.7 cm³/mol. The normalized spacial score (nSPS) is 9.42. The Bertz CT molecular complexity index is 156. The van der Waals surface area contributed by atoms with Crippen molar-refractivity contribution < 1.29 is 0 Å². The second-order valence-electron chi connectivity index (χ2n) is 2.76. The van der Waals surface area contributed by atoms with Gasteiger partial charge in [-0.1, -0.05) is 18.6 Å². The SMILES string of the molecule is CNC(=S)CCCCCC(=N)N. The Balaban J connectivity index is 3.11. The maximum atomic E-state index is 6.99. The van der Waals surface area contributed by atoms with E-state index < -0.39 is 0 Å². The smallest absolute Gasteiger partial charge is 0.0905 e. The molecule has 0 radical (unpaired) electrons. The zero-order valence-electron chi connectivity index (χ0n) is 7.52. The van der Waals surface area contributed by atoms with E-state index in [9.17, 15) is 0 Å². The van der Waals surface area contributed by atoms with Crippen molar-refractivity contribution in [1.82, 2.24) is 5.32 Å². The Labute approximate surface area is 79.2 Å². The first-order valence-corrected chi connectivity index (χ1v) is 4.61. The number of amidine groups is 1. The summed E-state index contributed by atoms with van der Waals surface area (Å²) in [6.07, 6.45) is 4.85. The van der Waals surface area contributed by atoms with Gasteiger partial charge in [0.25, 0.3) is 0 Å². The van der Waals surface area contributed by atoms with Crippen LogP contribution < -0.4 is 11.1 Å². The molecule has 0 rings (SSSR count). The minimum absolute atomic E-state index is 0.284. The molecule has 0 unspecified atom stereocenters. The molecular formula is C8H17N3S. The molecular weight excluding hydrogens is 170 g/mol. The number of rotatable bonds is 6. The van der Waals surface area contributed by atoms with Crippen molar-refractivity contribution in [3.63, 3.8) is 0 Å². The van der Waals surface area contributed by atoms with Crippen molar-refractivity contribution in [3.8, 4) is 0 Å². The number of unbranched alkanes of at least 4 members (excludes halogenated alkanes) is 2. The molecule has 12 heavy (non-hydrogen) atoms. The summed E-state index contributed by atoms with van der Waals surface area (Å²) in [7, 11) is 1.85. The topological polar surface area (TPSA) is 61.9 Å². The van der Waals surface area contributed by atoms with Gasteiger partial charge in [0, 0.05) is 13.5 Å². The molecule has 0 fully saturated rings. The molecule has 0 bridgehead atoms. The van der Waals surface area contributed by atoms with Crippen molar-refractivity contribution in [2.75, 3.05) is 7.05 Å². The van der Waals surface area contributed by atoms with E-state index in [4.69, 9.17) is 23.4 Å². The lowest BCUT2D eigenvalue weighted by molar-refractivity contribution is 0.712. The molecule has 0 aromatic carbocycles. The van der Waals surface area contributed by atoms with Gasteiger partial charge in [0.15, 0.2) is 0 Å². The van der Waals surface area contributed by atoms with Crippen LogP contribution in [0.15, 0.2) is 0 Å². The maximum absolute atomic E-state index is 6.99. The van der Waals surface area contributed by atoms with E-state index in [0.29, 0.717) is 6.42 Å². The van der Waals surface area contributed by atoms with Gasteiger partial charge in [-0.2, -0.15) is 0 Å². The number of hydrogen-bond donors (Lipinski definition) is 3. The second kappa shape index (κ2) is 7.03. The van der Waals surface area contributed by atoms with Gasteiger partial charge in [-0.3, -0.25) is 5.41 Å². The largest absolute Gasteiger partial charge is 0.388 e. The molecule has 0 aliphatic heterocycles. The molecule has 0 atom stereocenters. The maximum Gasteiger partial charge on any atom is 0.0905 e. The zero-order chi connectivity index (χ0) is 9.40. The van der Waals surface area contributed by atoms with Gasteiger partial charge in [-0.15, -0.1) is 0 Å². The fourth-order valence-corrected chi connectivity index (χ4v) is 1.05. The Hall–Kier alpha value is -0.640. The number of nitrogens with two attached hydrogens (primary N) is 1. The first kappa shape index (κ1) is 11.4. The third-order valence-corrected chi connectivity index (χ3v) is 2.04. The molecule has 0 aromatic heterocycles. The summed E-state index contributed by atoms with van der Waals surface area (Å²) in [5, 5.41) is 9.92. The molecule has 0 aromatic rings. The van der Waals surface area contributed by atoms with Crippen LogP contribution in [0.25, 0.3) is 0 Å². The van der Waals surface area contributed by atoms with Crippen LogP contribution in [0.3, 0.4) is 0 Å². The van der Waals surface area contributed by atoms with E-state index in [2.05, 4.69) is 5.32 Å². The lowest BCUT2D eigenvalue weighted by atomic mass is 10.1. The molecule has 0 amide bonds. The molecule has 70 valence electrons. The summed E-state index contributed by atoms with van der Waals surface area (Å²) in [5.74, 6) is 0.284. The average Bonchev–Trinajstić information content (AvgIpc) is 2.03. The monoisotopic (exact) mass is 187 g/mol. The third-order valence-electron chi connectivity index (χ3n) is 1.63. The fraction of sp³-hybridized carbons (Fsp3) is 0.750. The zero-order valence-corrected chi connectivity index (χ0v) is 8.34. The van der Waals surface area contributed by atoms with Crippen molar-refractivity contribution in [3.05, 3.63) is 0 Å². The Morgan fingerprint density at radius 2 is 1.92 bits per heavy atom. The molecule has 0 aliphatic carbocycles. The van der Waals surface area contributed by atoms with Gasteiger partial charge in [0.2, 0.25) is 0 Å². The highest BCUT2D eigenvalue weighted by Crippen LogP contribution is 2.02. The standard InChI is InChI=1S/C8H17N3S/c1-11-8(12)6-4-2-3-5-7(9)10/h2-6H2,1H3,(H3,9,10)(H,11,12). The molecule has 4 N–H and O–H groups in total. The summed E-state index contributed by atoms with van der Waals surface area (Å²) < 4.78 is 0. The minimum atomic E-state index is 0.284. The summed E-state index contributed by atoms with van der Waals surface area (Å²) in [6.45, 7) is 0. The molecule has 0 aliphatic rings. The molecule has 0 saturated carbocycles. The Morgan fingerprint density at radius 1 is 1.33 bits per heavy atom. The number of nitrogens with one attached hydrogen (secondary N) is 2. The van der Waals surface area contributed by atoms with E-state index in [-0.39, 0.29) is 5.84 Å². The number of hydrogen-bond acceptors (Lipinski definition) is 2. The van der Waals surface area contributed by atoms with E-state index in [1.807, 2.05) is 7.05 Å². The van der Waals surface area contributed by atoms with Crippen LogP contribution in [0, 0.1) is 5.41 Å². The summed E-state index contributed by atoms with van der Waals surface area (Å²) >= 11 is 4.98. The molecule has 4 heteroatoms. The highest BCUT2D eigenvalue weighted by Gasteiger charge is 1.94. The molecule has 0 saturated heterocycles. The first-order valence-electron chi connectivity index (χ1n) is 4.20. The van der Waals surface area contributed by atoms with Crippen LogP contribution in [-0.2, 0) is 0 Å². The molecule has 0 heterocycles. The highest BCUT2D eigenvalue weighted by atomic mass is 32.1. The van der Waals surface area contributed by atoms with Crippen LogP contribution in [0.1, 0.15) is 32.1 Å². The first-order chi connectivity index (χ1) is 5.66. The highest BCUT2D eigenvalue weighted by molar-refractivity contribution is 7.80. The van der Waals surface area contributed by atoms with E-state index in [0.717, 1.165) is 30.7 Å². The van der Waals surface area contributed by atoms with Crippen LogP contribution in [0.4, 0.5) is 0 Å². The minimum Gasteiger partial charge on any atom is -0.388 e. The molecule has 3 nitrogen and oxygen atoms in total. The van der Waals surface area contributed by atoms with E-state index >= 15 is 0 Å². The van der Waals surface area contributed by atoms with E-state index in [1.54, 1.807) is 0 Å². The predicted octanol–water partition coefficient (Wildman–Crippen LogP) is 1.42. The van der Waals surface area contributed by atoms with Crippen molar-refractivity contribution in [1.29, 1.82) is 5.41 Å². The number of thiocarbonyl (C=S) groups is 1. The lowest BCUT2D eigenvalue weighted by Gasteiger charge is -2.01. The third kappa shape index (κ3) is 7.47. The van der Waals surface area contributed by atoms with Crippen LogP contribution in [-0.4, -0.2) is 17.9 Å². The second-order valence-corrected chi connectivity index (χ2v) is 3.25. The van der Waals surface area contributed by atoms with Gasteiger partial charge >= 0.3 is 0 Å². The van der Waals surface area contributed by atoms with E-state index in [1.165, 1.54) is 0 Å². The average molecular weight is 187 g/mol. The van der Waals surface area contributed by atoms with Gasteiger partial charge in [0.05, 0.1) is 10.8 Å². The quantitative estimate of drug-likeness (QED) is 0.255. The van der Waals surface area contributed by atoms with Gasteiger partial charge in [0.1, 0.15) is 0 Å². The Kier molecular flexibility index (Phi) is 6.66. The summed E-state index contributed by atoms with van der Waals surface area (Å²) in [6, 6.07) is 0. The van der Waals surface area contributed by atoms with Gasteiger partial charge < -0.3 is 11.1 Å². The van der Waals surface area contributed by atoms with Crippen LogP contribution >= 0.6 is 12.2 Å². The van der Waals surface area contributed by atoms with Crippen LogP contribution in [0.5, 0.6) is 0 Å². The van der Waals surface area contributed by atoms with Gasteiger partial charge in [-0.05, 0) is 19.3 Å². The van der Waals surface area contributed by atoms with Crippen molar-refractivity contribution in [2.45, 2.75) is 32.1 Å². The summed E-state index contributed by atoms with van der Waals surface area (Å²) in [4.78, 5) is 0.915.